The molecule has 2 aliphatic rings. The van der Waals surface area contributed by atoms with E-state index >= 15 is 0 Å². The standard InChI is InChI=1S/C16H21ClN2O2/c1-21-11-6-7-14(12(17)9-11)19-16(20)15-8-10-4-2-3-5-13(10)18-15/h6-7,9-10,13,15,18H,2-5,8H2,1H3,(H,19,20)/t10-,13-,15+/m1/s1. The molecule has 1 aromatic carbocycles. The number of hydrogen-bond donors (Lipinski definition) is 2. The molecule has 1 saturated carbocycles. The zero-order chi connectivity index (χ0) is 14.8. The van der Waals surface area contributed by atoms with Gasteiger partial charge in [-0.3, -0.25) is 4.79 Å². The molecule has 21 heavy (non-hydrogen) atoms. The number of anilines is 1. The van der Waals surface area contributed by atoms with E-state index in [0.29, 0.717) is 28.4 Å². The SMILES string of the molecule is COc1ccc(NC(=O)[C@@H]2C[C@H]3CCCC[C@H]3N2)c(Cl)c1. The summed E-state index contributed by atoms with van der Waals surface area (Å²) in [5.74, 6) is 1.35. The number of methoxy groups -OCH3 is 1. The predicted octanol–water partition coefficient (Wildman–Crippen LogP) is 3.21. The van der Waals surface area contributed by atoms with Crippen molar-refractivity contribution in [1.82, 2.24) is 5.32 Å². The third kappa shape index (κ3) is 3.16. The molecular weight excluding hydrogens is 288 g/mol. The van der Waals surface area contributed by atoms with Gasteiger partial charge in [-0.25, -0.2) is 0 Å². The van der Waals surface area contributed by atoms with Crippen molar-refractivity contribution in [2.75, 3.05) is 12.4 Å². The van der Waals surface area contributed by atoms with Crippen LogP contribution in [0, 0.1) is 5.92 Å². The van der Waals surface area contributed by atoms with Gasteiger partial charge < -0.3 is 15.4 Å². The van der Waals surface area contributed by atoms with Gasteiger partial charge in [0.15, 0.2) is 0 Å². The topological polar surface area (TPSA) is 50.4 Å². The second-order valence-corrected chi connectivity index (χ2v) is 6.35. The molecule has 2 fully saturated rings. The van der Waals surface area contributed by atoms with E-state index < -0.39 is 0 Å². The number of ether oxygens (including phenoxy) is 1. The number of rotatable bonds is 3. The van der Waals surface area contributed by atoms with Gasteiger partial charge in [0.25, 0.3) is 0 Å². The van der Waals surface area contributed by atoms with Crippen LogP contribution in [0.4, 0.5) is 5.69 Å². The summed E-state index contributed by atoms with van der Waals surface area (Å²) in [6.07, 6.45) is 5.93. The van der Waals surface area contributed by atoms with Crippen LogP contribution in [-0.4, -0.2) is 25.1 Å². The van der Waals surface area contributed by atoms with Gasteiger partial charge in [0, 0.05) is 12.1 Å². The fourth-order valence-corrected chi connectivity index (χ4v) is 3.68. The lowest BCUT2D eigenvalue weighted by Gasteiger charge is -2.24. The van der Waals surface area contributed by atoms with E-state index in [9.17, 15) is 4.79 Å². The van der Waals surface area contributed by atoms with E-state index in [2.05, 4.69) is 10.6 Å². The third-order valence-corrected chi connectivity index (χ3v) is 4.93. The van der Waals surface area contributed by atoms with Gasteiger partial charge in [-0.1, -0.05) is 24.4 Å². The van der Waals surface area contributed by atoms with Gasteiger partial charge in [0.2, 0.25) is 5.91 Å². The molecule has 1 aliphatic carbocycles. The molecule has 3 atom stereocenters. The highest BCUT2D eigenvalue weighted by atomic mass is 35.5. The Labute approximate surface area is 130 Å². The van der Waals surface area contributed by atoms with Crippen molar-refractivity contribution in [2.45, 2.75) is 44.2 Å². The van der Waals surface area contributed by atoms with Crippen LogP contribution in [0.3, 0.4) is 0 Å². The normalized spacial score (nSPS) is 28.0. The number of hydrogen-bond acceptors (Lipinski definition) is 3. The summed E-state index contributed by atoms with van der Waals surface area (Å²) in [6.45, 7) is 0. The van der Waals surface area contributed by atoms with Crippen molar-refractivity contribution in [3.63, 3.8) is 0 Å². The highest BCUT2D eigenvalue weighted by Crippen LogP contribution is 2.34. The van der Waals surface area contributed by atoms with Gasteiger partial charge in [-0.05, 0) is 37.3 Å². The lowest BCUT2D eigenvalue weighted by molar-refractivity contribution is -0.117. The zero-order valence-electron chi connectivity index (χ0n) is 12.2. The molecule has 0 spiro atoms. The van der Waals surface area contributed by atoms with Crippen LogP contribution >= 0.6 is 11.6 Å². The van der Waals surface area contributed by atoms with E-state index in [1.807, 2.05) is 0 Å². The summed E-state index contributed by atoms with van der Waals surface area (Å²) in [6, 6.07) is 5.70. The Kier molecular flexibility index (Phi) is 4.36. The lowest BCUT2D eigenvalue weighted by atomic mass is 9.85. The van der Waals surface area contributed by atoms with Crippen LogP contribution in [0.25, 0.3) is 0 Å². The summed E-state index contributed by atoms with van der Waals surface area (Å²) in [5.41, 5.74) is 0.638. The third-order valence-electron chi connectivity index (χ3n) is 4.61. The minimum Gasteiger partial charge on any atom is -0.497 e. The minimum atomic E-state index is -0.101. The fraction of sp³-hybridized carbons (Fsp3) is 0.562. The summed E-state index contributed by atoms with van der Waals surface area (Å²) in [5, 5.41) is 6.90. The van der Waals surface area contributed by atoms with Gasteiger partial charge in [0.1, 0.15) is 5.75 Å². The molecule has 1 heterocycles. The van der Waals surface area contributed by atoms with Crippen LogP contribution in [0.15, 0.2) is 18.2 Å². The molecule has 4 nitrogen and oxygen atoms in total. The second-order valence-electron chi connectivity index (χ2n) is 5.94. The van der Waals surface area contributed by atoms with Crippen LogP contribution < -0.4 is 15.4 Å². The first-order chi connectivity index (χ1) is 10.2. The maximum atomic E-state index is 12.4. The Morgan fingerprint density at radius 2 is 2.19 bits per heavy atom. The van der Waals surface area contributed by atoms with Crippen molar-refractivity contribution < 1.29 is 9.53 Å². The van der Waals surface area contributed by atoms with Crippen molar-refractivity contribution in [1.29, 1.82) is 0 Å². The Morgan fingerprint density at radius 3 is 2.90 bits per heavy atom. The Bertz CT molecular complexity index is 521. The molecule has 0 radical (unpaired) electrons. The van der Waals surface area contributed by atoms with Crippen molar-refractivity contribution in [3.8, 4) is 5.75 Å². The Morgan fingerprint density at radius 1 is 1.38 bits per heavy atom. The molecule has 3 rings (SSSR count). The minimum absolute atomic E-state index is 0.0106. The lowest BCUT2D eigenvalue weighted by Crippen LogP contribution is -2.39. The van der Waals surface area contributed by atoms with Gasteiger partial charge >= 0.3 is 0 Å². The van der Waals surface area contributed by atoms with E-state index in [4.69, 9.17) is 16.3 Å². The Hall–Kier alpha value is -1.26. The number of halogens is 1. The second kappa shape index (κ2) is 6.24. The van der Waals surface area contributed by atoms with E-state index in [1.165, 1.54) is 25.7 Å². The quantitative estimate of drug-likeness (QED) is 0.901. The highest BCUT2D eigenvalue weighted by Gasteiger charge is 2.38. The molecule has 1 saturated heterocycles. The molecule has 1 aromatic rings. The average Bonchev–Trinajstić information content (AvgIpc) is 2.93. The van der Waals surface area contributed by atoms with Crippen LogP contribution in [0.2, 0.25) is 5.02 Å². The number of carbonyl (C=O) groups is 1. The molecule has 0 unspecified atom stereocenters. The van der Waals surface area contributed by atoms with Gasteiger partial charge in [0.05, 0.1) is 23.9 Å². The zero-order valence-corrected chi connectivity index (χ0v) is 13.0. The van der Waals surface area contributed by atoms with Crippen LogP contribution in [-0.2, 0) is 4.79 Å². The molecule has 2 N–H and O–H groups in total. The summed E-state index contributed by atoms with van der Waals surface area (Å²) in [4.78, 5) is 12.4. The van der Waals surface area contributed by atoms with Crippen LogP contribution in [0.5, 0.6) is 5.75 Å². The number of fused-ring (bicyclic) bond motifs is 1. The summed E-state index contributed by atoms with van der Waals surface area (Å²) < 4.78 is 5.11. The first-order valence-electron chi connectivity index (χ1n) is 7.58. The van der Waals surface area contributed by atoms with Gasteiger partial charge in [-0.15, -0.1) is 0 Å². The average molecular weight is 309 g/mol. The molecule has 0 bridgehead atoms. The first-order valence-corrected chi connectivity index (χ1v) is 7.95. The largest absolute Gasteiger partial charge is 0.497 e. The number of amides is 1. The number of nitrogens with one attached hydrogen (secondary N) is 2. The van der Waals surface area contributed by atoms with Crippen LogP contribution in [0.1, 0.15) is 32.1 Å². The Balaban J connectivity index is 1.64. The van der Waals surface area contributed by atoms with Crippen molar-refractivity contribution >= 4 is 23.2 Å². The smallest absolute Gasteiger partial charge is 0.241 e. The molecule has 0 aromatic heterocycles. The number of carbonyl (C=O) groups excluding carboxylic acids is 1. The number of benzene rings is 1. The maximum absolute atomic E-state index is 12.4. The first kappa shape index (κ1) is 14.7. The highest BCUT2D eigenvalue weighted by molar-refractivity contribution is 6.33. The predicted molar refractivity (Wildman–Crippen MR) is 83.9 cm³/mol. The molecular formula is C16H21ClN2O2. The fourth-order valence-electron chi connectivity index (χ4n) is 3.47. The summed E-state index contributed by atoms with van der Waals surface area (Å²) in [7, 11) is 1.59. The maximum Gasteiger partial charge on any atom is 0.241 e. The molecule has 1 aliphatic heterocycles. The van der Waals surface area contributed by atoms with E-state index in [-0.39, 0.29) is 11.9 Å². The molecule has 5 heteroatoms. The monoisotopic (exact) mass is 308 g/mol. The van der Waals surface area contributed by atoms with Gasteiger partial charge in [-0.2, -0.15) is 0 Å². The molecule has 1 amide bonds. The summed E-state index contributed by atoms with van der Waals surface area (Å²) >= 11 is 6.17. The van der Waals surface area contributed by atoms with E-state index in [0.717, 1.165) is 6.42 Å². The van der Waals surface area contributed by atoms with Crippen molar-refractivity contribution in [2.24, 2.45) is 5.92 Å². The van der Waals surface area contributed by atoms with Crippen molar-refractivity contribution in [3.05, 3.63) is 23.2 Å². The van der Waals surface area contributed by atoms with E-state index in [1.54, 1.807) is 25.3 Å². The molecule has 114 valence electrons.